The largest absolute Gasteiger partial charge is 0.394 e. The van der Waals surface area contributed by atoms with Gasteiger partial charge in [-0.25, -0.2) is 0 Å². The van der Waals surface area contributed by atoms with Gasteiger partial charge in [-0.15, -0.1) is 0 Å². The van der Waals surface area contributed by atoms with Crippen molar-refractivity contribution in [2.45, 2.75) is 6.92 Å². The fourth-order valence-corrected chi connectivity index (χ4v) is 0.815. The van der Waals surface area contributed by atoms with Gasteiger partial charge in [-0.3, -0.25) is 0 Å². The first kappa shape index (κ1) is 20.1. The molecule has 18 heavy (non-hydrogen) atoms. The van der Waals surface area contributed by atoms with Gasteiger partial charge >= 0.3 is 0 Å². The molecule has 0 amide bonds. The molecule has 112 valence electrons. The third-order valence-corrected chi connectivity index (χ3v) is 1.68. The number of aliphatic hydroxyl groups excluding tert-OH is 1. The van der Waals surface area contributed by atoms with Crippen molar-refractivity contribution in [2.75, 3.05) is 73.7 Å². The Hall–Kier alpha value is -0.240. The second kappa shape index (κ2) is 22.0. The Labute approximate surface area is 110 Å². The van der Waals surface area contributed by atoms with Crippen molar-refractivity contribution in [1.82, 2.24) is 0 Å². The zero-order chi connectivity index (χ0) is 13.9. The molecule has 0 heterocycles. The number of methoxy groups -OCH3 is 2. The highest BCUT2D eigenvalue weighted by Gasteiger charge is 1.86. The molecule has 0 bridgehead atoms. The van der Waals surface area contributed by atoms with E-state index in [4.69, 9.17) is 24.1 Å². The van der Waals surface area contributed by atoms with Crippen LogP contribution in [0.4, 0.5) is 0 Å². The van der Waals surface area contributed by atoms with Gasteiger partial charge in [0, 0.05) is 20.8 Å². The highest BCUT2D eigenvalue weighted by atomic mass is 16.5. The second-order valence-corrected chi connectivity index (χ2v) is 3.13. The summed E-state index contributed by atoms with van der Waals surface area (Å²) in [4.78, 5) is 0. The Morgan fingerprint density at radius 3 is 1.56 bits per heavy atom. The molecule has 0 saturated carbocycles. The molecule has 6 heteroatoms. The lowest BCUT2D eigenvalue weighted by Gasteiger charge is -2.02. The summed E-state index contributed by atoms with van der Waals surface area (Å²) in [6.45, 7) is 7.04. The summed E-state index contributed by atoms with van der Waals surface area (Å²) in [6, 6.07) is 0. The maximum absolute atomic E-state index is 8.20. The van der Waals surface area contributed by atoms with Gasteiger partial charge in [0.15, 0.2) is 0 Å². The van der Waals surface area contributed by atoms with E-state index in [1.807, 2.05) is 6.92 Å². The zero-order valence-electron chi connectivity index (χ0n) is 11.9. The lowest BCUT2D eigenvalue weighted by Crippen LogP contribution is -2.07. The lowest BCUT2D eigenvalue weighted by molar-refractivity contribution is 0.0280. The normalized spacial score (nSPS) is 10.0. The van der Waals surface area contributed by atoms with E-state index in [0.29, 0.717) is 46.2 Å². The smallest absolute Gasteiger partial charge is 0.0701 e. The minimum absolute atomic E-state index is 0.0870. The number of hydrogen-bond acceptors (Lipinski definition) is 6. The van der Waals surface area contributed by atoms with Crippen molar-refractivity contribution in [3.63, 3.8) is 0 Å². The molecule has 0 aromatic rings. The van der Waals surface area contributed by atoms with E-state index in [1.54, 1.807) is 14.2 Å². The molecule has 0 fully saturated rings. The molecule has 0 spiro atoms. The van der Waals surface area contributed by atoms with Gasteiger partial charge in [-0.05, 0) is 6.92 Å². The molecule has 0 aliphatic rings. The molecular weight excluding hydrogens is 240 g/mol. The summed E-state index contributed by atoms with van der Waals surface area (Å²) in [5.41, 5.74) is 0. The van der Waals surface area contributed by atoms with Gasteiger partial charge in [-0.2, -0.15) is 0 Å². The first-order chi connectivity index (χ1) is 8.83. The maximum atomic E-state index is 8.20. The summed E-state index contributed by atoms with van der Waals surface area (Å²) >= 11 is 0. The van der Waals surface area contributed by atoms with E-state index in [-0.39, 0.29) is 6.61 Å². The quantitative estimate of drug-likeness (QED) is 0.514. The monoisotopic (exact) mass is 268 g/mol. The maximum Gasteiger partial charge on any atom is 0.0701 e. The van der Waals surface area contributed by atoms with Crippen LogP contribution in [0.2, 0.25) is 0 Å². The van der Waals surface area contributed by atoms with Crippen LogP contribution in [0.1, 0.15) is 6.92 Å². The van der Waals surface area contributed by atoms with Crippen molar-refractivity contribution in [2.24, 2.45) is 0 Å². The highest BCUT2D eigenvalue weighted by Crippen LogP contribution is 1.78. The molecule has 0 aliphatic carbocycles. The van der Waals surface area contributed by atoms with Crippen molar-refractivity contribution in [3.8, 4) is 0 Å². The van der Waals surface area contributed by atoms with E-state index in [2.05, 4.69) is 4.74 Å². The molecule has 0 radical (unpaired) electrons. The molecule has 0 aromatic heterocycles. The summed E-state index contributed by atoms with van der Waals surface area (Å²) in [7, 11) is 3.27. The van der Waals surface area contributed by atoms with Crippen LogP contribution in [0.3, 0.4) is 0 Å². The summed E-state index contributed by atoms with van der Waals surface area (Å²) < 4.78 is 24.5. The predicted molar refractivity (Wildman–Crippen MR) is 69.0 cm³/mol. The Bertz CT molecular complexity index is 109. The zero-order valence-corrected chi connectivity index (χ0v) is 11.9. The van der Waals surface area contributed by atoms with Gasteiger partial charge in [0.1, 0.15) is 0 Å². The van der Waals surface area contributed by atoms with Gasteiger partial charge < -0.3 is 28.8 Å². The molecule has 0 saturated heterocycles. The number of aliphatic hydroxyl groups is 1. The van der Waals surface area contributed by atoms with Crippen molar-refractivity contribution < 1.29 is 28.8 Å². The molecule has 0 rings (SSSR count). The standard InChI is InChI=1S/C7H16O3.C5H12O3/c1-3-9-6-7-10-5-4-8-2;1-7-4-5-8-3-2-6/h3-7H2,1-2H3;6H,2-5H2,1H3. The SMILES string of the molecule is CCOCCOCCOC.COCCOCCO. The van der Waals surface area contributed by atoms with E-state index < -0.39 is 0 Å². The van der Waals surface area contributed by atoms with Gasteiger partial charge in [-0.1, -0.05) is 0 Å². The van der Waals surface area contributed by atoms with Gasteiger partial charge in [0.2, 0.25) is 0 Å². The van der Waals surface area contributed by atoms with Crippen molar-refractivity contribution in [3.05, 3.63) is 0 Å². The third-order valence-electron chi connectivity index (χ3n) is 1.68. The predicted octanol–water partition coefficient (Wildman–Crippen LogP) is 0.328. The Morgan fingerprint density at radius 1 is 0.667 bits per heavy atom. The van der Waals surface area contributed by atoms with Crippen LogP contribution >= 0.6 is 0 Å². The average molecular weight is 268 g/mol. The Morgan fingerprint density at radius 2 is 1.11 bits per heavy atom. The average Bonchev–Trinajstić information content (AvgIpc) is 2.40. The van der Waals surface area contributed by atoms with Crippen LogP contribution < -0.4 is 0 Å². The highest BCUT2D eigenvalue weighted by molar-refractivity contribution is 4.29. The summed E-state index contributed by atoms with van der Waals surface area (Å²) in [6.07, 6.45) is 0. The first-order valence-electron chi connectivity index (χ1n) is 6.15. The molecule has 0 atom stereocenters. The molecule has 0 unspecified atom stereocenters. The molecule has 1 N–H and O–H groups in total. The first-order valence-corrected chi connectivity index (χ1v) is 6.15. The van der Waals surface area contributed by atoms with Crippen LogP contribution in [-0.2, 0) is 23.7 Å². The van der Waals surface area contributed by atoms with Crippen molar-refractivity contribution in [1.29, 1.82) is 0 Å². The lowest BCUT2D eigenvalue weighted by atomic mass is 10.7. The fourth-order valence-electron chi connectivity index (χ4n) is 0.815. The van der Waals surface area contributed by atoms with E-state index in [9.17, 15) is 0 Å². The number of rotatable bonds is 12. The van der Waals surface area contributed by atoms with E-state index in [1.165, 1.54) is 0 Å². The second-order valence-electron chi connectivity index (χ2n) is 3.13. The minimum atomic E-state index is 0.0870. The van der Waals surface area contributed by atoms with Crippen LogP contribution in [0, 0.1) is 0 Å². The Balaban J connectivity index is 0. The van der Waals surface area contributed by atoms with Crippen molar-refractivity contribution >= 4 is 0 Å². The van der Waals surface area contributed by atoms with E-state index >= 15 is 0 Å². The van der Waals surface area contributed by atoms with Gasteiger partial charge in [0.25, 0.3) is 0 Å². The minimum Gasteiger partial charge on any atom is -0.394 e. The van der Waals surface area contributed by atoms with Crippen LogP contribution in [0.5, 0.6) is 0 Å². The van der Waals surface area contributed by atoms with Gasteiger partial charge in [0.05, 0.1) is 52.9 Å². The molecular formula is C12H28O6. The number of hydrogen-bond donors (Lipinski definition) is 1. The van der Waals surface area contributed by atoms with E-state index in [0.717, 1.165) is 6.61 Å². The van der Waals surface area contributed by atoms with Crippen LogP contribution in [-0.4, -0.2) is 78.8 Å². The topological polar surface area (TPSA) is 66.4 Å². The third kappa shape index (κ3) is 24.8. The number of ether oxygens (including phenoxy) is 5. The fraction of sp³-hybridized carbons (Fsp3) is 1.00. The summed E-state index contributed by atoms with van der Waals surface area (Å²) in [5.74, 6) is 0. The molecule has 0 aromatic carbocycles. The molecule has 6 nitrogen and oxygen atoms in total. The summed E-state index contributed by atoms with van der Waals surface area (Å²) in [5, 5.41) is 8.20. The van der Waals surface area contributed by atoms with Crippen LogP contribution in [0.15, 0.2) is 0 Å². The molecule has 0 aliphatic heterocycles. The van der Waals surface area contributed by atoms with Crippen LogP contribution in [0.25, 0.3) is 0 Å². The Kier molecular flexibility index (Phi) is 24.5.